The minimum Gasteiger partial charge on any atom is -0.350 e. The topological polar surface area (TPSA) is 114 Å². The van der Waals surface area contributed by atoms with Crippen LogP contribution in [-0.4, -0.2) is 33.8 Å². The largest absolute Gasteiger partial charge is 0.350 e. The fraction of sp³-hybridized carbons (Fsp3) is 0.261. The average molecular weight is 453 g/mol. The third-order valence-corrected chi connectivity index (χ3v) is 5.69. The first-order valence-corrected chi connectivity index (χ1v) is 10.9. The van der Waals surface area contributed by atoms with Gasteiger partial charge in [-0.25, -0.2) is 0 Å². The van der Waals surface area contributed by atoms with E-state index >= 15 is 0 Å². The van der Waals surface area contributed by atoms with Crippen molar-refractivity contribution in [2.24, 2.45) is 0 Å². The van der Waals surface area contributed by atoms with Crippen molar-refractivity contribution >= 4 is 40.0 Å². The fourth-order valence-electron chi connectivity index (χ4n) is 3.20. The van der Waals surface area contributed by atoms with Crippen LogP contribution in [0, 0.1) is 10.1 Å². The molecule has 0 fully saturated rings. The molecule has 0 unspecified atom stereocenters. The lowest BCUT2D eigenvalue weighted by Gasteiger charge is -2.17. The van der Waals surface area contributed by atoms with Crippen molar-refractivity contribution in [3.63, 3.8) is 0 Å². The minimum atomic E-state index is -0.540. The number of aromatic nitrogens is 1. The molecule has 0 aliphatic heterocycles. The molecule has 3 rings (SSSR count). The number of amides is 2. The van der Waals surface area contributed by atoms with E-state index < -0.39 is 16.7 Å². The molecule has 0 saturated carbocycles. The first-order valence-electron chi connectivity index (χ1n) is 10.1. The molecular weight excluding hydrogens is 428 g/mol. The van der Waals surface area contributed by atoms with Gasteiger partial charge in [-0.05, 0) is 51.3 Å². The second kappa shape index (κ2) is 9.78. The van der Waals surface area contributed by atoms with E-state index in [2.05, 4.69) is 15.6 Å². The molecule has 0 spiro atoms. The molecule has 1 heterocycles. The minimum absolute atomic E-state index is 0.0119. The smallest absolute Gasteiger partial charge is 0.284 e. The second-order valence-corrected chi connectivity index (χ2v) is 8.86. The lowest BCUT2D eigenvalue weighted by atomic mass is 10.0. The van der Waals surface area contributed by atoms with Gasteiger partial charge in [-0.15, -0.1) is 0 Å². The van der Waals surface area contributed by atoms with E-state index in [1.54, 1.807) is 40.1 Å². The highest BCUT2D eigenvalue weighted by atomic mass is 32.2. The molecule has 0 aliphatic rings. The molecule has 2 amide bonds. The highest BCUT2D eigenvalue weighted by Gasteiger charge is 2.29. The molecular formula is C23H24N4O4S. The normalized spacial score (nSPS) is 11.1. The zero-order valence-corrected chi connectivity index (χ0v) is 19.0. The van der Waals surface area contributed by atoms with Crippen LogP contribution in [0.3, 0.4) is 0 Å². The Morgan fingerprint density at radius 3 is 2.34 bits per heavy atom. The predicted molar refractivity (Wildman–Crippen MR) is 124 cm³/mol. The number of benzene rings is 2. The van der Waals surface area contributed by atoms with E-state index in [4.69, 9.17) is 0 Å². The maximum atomic E-state index is 13.2. The van der Waals surface area contributed by atoms with Crippen molar-refractivity contribution in [2.75, 3.05) is 0 Å². The number of carbonyl (C=O) groups is 2. The van der Waals surface area contributed by atoms with Crippen molar-refractivity contribution in [3.05, 3.63) is 70.0 Å². The van der Waals surface area contributed by atoms with Gasteiger partial charge < -0.3 is 10.6 Å². The van der Waals surface area contributed by atoms with Gasteiger partial charge in [0, 0.05) is 40.8 Å². The molecule has 0 radical (unpaired) electrons. The van der Waals surface area contributed by atoms with Gasteiger partial charge >= 0.3 is 0 Å². The molecule has 2 N–H and O–H groups in total. The maximum absolute atomic E-state index is 13.2. The number of hydrogen-bond acceptors (Lipinski definition) is 6. The Kier molecular flexibility index (Phi) is 7.09. The Morgan fingerprint density at radius 2 is 1.69 bits per heavy atom. The zero-order chi connectivity index (χ0) is 23.4. The number of fused-ring (bicyclic) bond motifs is 1. The lowest BCUT2D eigenvalue weighted by molar-refractivity contribution is -0.387. The highest BCUT2D eigenvalue weighted by Crippen LogP contribution is 2.41. The van der Waals surface area contributed by atoms with E-state index in [9.17, 15) is 19.7 Å². The molecule has 0 atom stereocenters. The number of nitro groups is 1. The Morgan fingerprint density at radius 1 is 1.00 bits per heavy atom. The Hall–Kier alpha value is -3.46. The predicted octanol–water partition coefficient (Wildman–Crippen LogP) is 4.57. The summed E-state index contributed by atoms with van der Waals surface area (Å²) in [6.07, 6.45) is 3.34. The van der Waals surface area contributed by atoms with Crippen molar-refractivity contribution in [1.29, 1.82) is 0 Å². The summed E-state index contributed by atoms with van der Waals surface area (Å²) in [5, 5.41) is 19.1. The van der Waals surface area contributed by atoms with Gasteiger partial charge in [-0.2, -0.15) is 0 Å². The monoisotopic (exact) mass is 452 g/mol. The summed E-state index contributed by atoms with van der Waals surface area (Å²) in [5.74, 6) is -1.00. The summed E-state index contributed by atoms with van der Waals surface area (Å²) in [4.78, 5) is 42.4. The first kappa shape index (κ1) is 23.2. The fourth-order valence-corrected chi connectivity index (χ4v) is 4.41. The SMILES string of the molecule is CC(C)NC(=O)c1ccc([N+](=O)[O-])c(Sc2cccc3cnccc23)c1C(=O)NC(C)C. The number of carbonyl (C=O) groups excluding carboxylic acids is 2. The number of nitro benzene ring substituents is 1. The molecule has 32 heavy (non-hydrogen) atoms. The van der Waals surface area contributed by atoms with Crippen LogP contribution in [0.4, 0.5) is 5.69 Å². The summed E-state index contributed by atoms with van der Waals surface area (Å²) in [6, 6.07) is 9.57. The van der Waals surface area contributed by atoms with E-state index in [1.165, 1.54) is 12.1 Å². The van der Waals surface area contributed by atoms with Crippen LogP contribution < -0.4 is 10.6 Å². The molecule has 8 nitrogen and oxygen atoms in total. The van der Waals surface area contributed by atoms with Crippen molar-refractivity contribution in [1.82, 2.24) is 15.6 Å². The van der Waals surface area contributed by atoms with E-state index in [0.717, 1.165) is 22.5 Å². The molecule has 0 aliphatic carbocycles. The van der Waals surface area contributed by atoms with Crippen LogP contribution in [-0.2, 0) is 0 Å². The highest BCUT2D eigenvalue weighted by molar-refractivity contribution is 7.99. The van der Waals surface area contributed by atoms with Gasteiger partial charge in [0.15, 0.2) is 0 Å². The van der Waals surface area contributed by atoms with E-state index in [1.807, 2.05) is 24.3 Å². The van der Waals surface area contributed by atoms with Gasteiger partial charge in [0.2, 0.25) is 0 Å². The zero-order valence-electron chi connectivity index (χ0n) is 18.2. The Bertz CT molecular complexity index is 1190. The van der Waals surface area contributed by atoms with Crippen molar-refractivity contribution in [2.45, 2.75) is 49.6 Å². The quantitative estimate of drug-likeness (QED) is 0.401. The third-order valence-electron chi connectivity index (χ3n) is 4.50. The summed E-state index contributed by atoms with van der Waals surface area (Å²) in [5.41, 5.74) is -0.162. The molecule has 2 aromatic carbocycles. The Balaban J connectivity index is 2.26. The molecule has 9 heteroatoms. The van der Waals surface area contributed by atoms with Gasteiger partial charge in [0.1, 0.15) is 4.90 Å². The molecule has 3 aromatic rings. The first-order chi connectivity index (χ1) is 15.2. The van der Waals surface area contributed by atoms with Crippen LogP contribution in [0.15, 0.2) is 58.6 Å². The summed E-state index contributed by atoms with van der Waals surface area (Å²) in [6.45, 7) is 7.18. The average Bonchev–Trinajstić information content (AvgIpc) is 2.72. The van der Waals surface area contributed by atoms with Crippen molar-refractivity contribution < 1.29 is 14.5 Å². The molecule has 0 saturated heterocycles. The molecule has 0 bridgehead atoms. The van der Waals surface area contributed by atoms with Crippen LogP contribution >= 0.6 is 11.8 Å². The maximum Gasteiger partial charge on any atom is 0.284 e. The molecule has 1 aromatic heterocycles. The van der Waals surface area contributed by atoms with Gasteiger partial charge in [-0.3, -0.25) is 24.7 Å². The van der Waals surface area contributed by atoms with Crippen LogP contribution in [0.2, 0.25) is 0 Å². The summed E-state index contributed by atoms with van der Waals surface area (Å²) < 4.78 is 0. The number of nitrogens with one attached hydrogen (secondary N) is 2. The number of pyridine rings is 1. The second-order valence-electron chi connectivity index (χ2n) is 7.80. The van der Waals surface area contributed by atoms with Crippen LogP contribution in [0.5, 0.6) is 0 Å². The standard InChI is InChI=1S/C23H24N4O4S/c1-13(2)25-22(28)17-8-9-18(27(30)31)21(20(17)23(29)26-14(3)4)32-19-7-5-6-15-12-24-11-10-16(15)19/h5-14H,1-4H3,(H,25,28)(H,26,29). The van der Waals surface area contributed by atoms with Gasteiger partial charge in [-0.1, -0.05) is 23.9 Å². The summed E-state index contributed by atoms with van der Waals surface area (Å²) in [7, 11) is 0. The van der Waals surface area contributed by atoms with Gasteiger partial charge in [0.25, 0.3) is 17.5 Å². The number of hydrogen-bond donors (Lipinski definition) is 2. The van der Waals surface area contributed by atoms with Gasteiger partial charge in [0.05, 0.1) is 16.1 Å². The number of nitrogens with zero attached hydrogens (tertiary/aromatic N) is 2. The third kappa shape index (κ3) is 5.05. The van der Waals surface area contributed by atoms with E-state index in [0.29, 0.717) is 4.90 Å². The van der Waals surface area contributed by atoms with Crippen LogP contribution in [0.1, 0.15) is 48.4 Å². The van der Waals surface area contributed by atoms with E-state index in [-0.39, 0.29) is 33.8 Å². The van der Waals surface area contributed by atoms with Crippen LogP contribution in [0.25, 0.3) is 10.8 Å². The number of rotatable bonds is 7. The lowest BCUT2D eigenvalue weighted by Crippen LogP contribution is -2.35. The summed E-state index contributed by atoms with van der Waals surface area (Å²) >= 11 is 1.09. The Labute approximate surface area is 190 Å². The molecule has 166 valence electrons. The van der Waals surface area contributed by atoms with Crippen molar-refractivity contribution in [3.8, 4) is 0 Å².